The fourth-order valence-corrected chi connectivity index (χ4v) is 2.74. The maximum atomic E-state index is 12.9. The second-order valence-corrected chi connectivity index (χ2v) is 5.30. The Morgan fingerprint density at radius 1 is 1.42 bits per heavy atom. The van der Waals surface area contributed by atoms with E-state index in [4.69, 9.17) is 0 Å². The van der Waals surface area contributed by atoms with E-state index in [-0.39, 0.29) is 17.8 Å². The summed E-state index contributed by atoms with van der Waals surface area (Å²) in [5.41, 5.74) is 1.05. The van der Waals surface area contributed by atoms with Gasteiger partial charge < -0.3 is 5.11 Å². The minimum Gasteiger partial charge on any atom is -0.480 e. The molecule has 3 nitrogen and oxygen atoms in total. The number of hydrogen-bond donors (Lipinski definition) is 1. The van der Waals surface area contributed by atoms with Gasteiger partial charge in [0, 0.05) is 6.54 Å². The molecule has 0 saturated carbocycles. The molecule has 1 heterocycles. The van der Waals surface area contributed by atoms with E-state index in [0.717, 1.165) is 31.4 Å². The third-order valence-electron chi connectivity index (χ3n) is 3.85. The molecule has 1 aliphatic heterocycles. The van der Waals surface area contributed by atoms with Crippen molar-refractivity contribution in [2.24, 2.45) is 0 Å². The first-order chi connectivity index (χ1) is 9.08. The van der Waals surface area contributed by atoms with E-state index in [1.807, 2.05) is 4.90 Å². The molecule has 2 unspecified atom stereocenters. The van der Waals surface area contributed by atoms with Crippen molar-refractivity contribution in [2.75, 3.05) is 13.1 Å². The lowest BCUT2D eigenvalue weighted by atomic mass is 9.96. The fraction of sp³-hybridized carbons (Fsp3) is 0.533. The standard InChI is InChI=1S/C15H20FNO2/c1-11(12-5-7-13(16)8-6-12)10-17-9-3-2-4-14(17)15(18)19/h5-8,11,14H,2-4,9-10H2,1H3,(H,18,19). The van der Waals surface area contributed by atoms with Crippen molar-refractivity contribution >= 4 is 5.97 Å². The van der Waals surface area contributed by atoms with E-state index >= 15 is 0 Å². The van der Waals surface area contributed by atoms with Gasteiger partial charge in [-0.2, -0.15) is 0 Å². The zero-order valence-corrected chi connectivity index (χ0v) is 11.2. The van der Waals surface area contributed by atoms with Crippen LogP contribution in [0.2, 0.25) is 0 Å². The van der Waals surface area contributed by atoms with Crippen molar-refractivity contribution in [3.8, 4) is 0 Å². The molecule has 104 valence electrons. The monoisotopic (exact) mass is 265 g/mol. The minimum absolute atomic E-state index is 0.209. The summed E-state index contributed by atoms with van der Waals surface area (Å²) in [4.78, 5) is 13.3. The molecule has 2 atom stereocenters. The number of carboxylic acids is 1. The molecule has 1 N–H and O–H groups in total. The van der Waals surface area contributed by atoms with Gasteiger partial charge >= 0.3 is 5.97 Å². The Kier molecular flexibility index (Phi) is 4.53. The van der Waals surface area contributed by atoms with Gasteiger partial charge in [0.25, 0.3) is 0 Å². The molecule has 0 radical (unpaired) electrons. The first-order valence-electron chi connectivity index (χ1n) is 6.80. The van der Waals surface area contributed by atoms with Crippen LogP contribution in [0.3, 0.4) is 0 Å². The Morgan fingerprint density at radius 2 is 2.11 bits per heavy atom. The molecule has 4 heteroatoms. The average Bonchev–Trinajstić information content (AvgIpc) is 2.39. The van der Waals surface area contributed by atoms with Crippen LogP contribution >= 0.6 is 0 Å². The number of hydrogen-bond acceptors (Lipinski definition) is 2. The molecule has 0 aromatic heterocycles. The molecule has 0 aliphatic carbocycles. The smallest absolute Gasteiger partial charge is 0.320 e. The van der Waals surface area contributed by atoms with Crippen molar-refractivity contribution in [1.82, 2.24) is 4.90 Å². The second kappa shape index (κ2) is 6.15. The van der Waals surface area contributed by atoms with Gasteiger partial charge in [-0.15, -0.1) is 0 Å². The lowest BCUT2D eigenvalue weighted by Gasteiger charge is -2.34. The van der Waals surface area contributed by atoms with Crippen molar-refractivity contribution in [1.29, 1.82) is 0 Å². The molecule has 1 aromatic rings. The largest absolute Gasteiger partial charge is 0.480 e. The van der Waals surface area contributed by atoms with Gasteiger partial charge in [0.05, 0.1) is 0 Å². The summed E-state index contributed by atoms with van der Waals surface area (Å²) in [6.07, 6.45) is 2.77. The Hall–Kier alpha value is -1.42. The minimum atomic E-state index is -0.731. The van der Waals surface area contributed by atoms with Crippen LogP contribution in [0, 0.1) is 5.82 Å². The maximum absolute atomic E-state index is 12.9. The van der Waals surface area contributed by atoms with E-state index in [1.165, 1.54) is 12.1 Å². The predicted octanol–water partition coefficient (Wildman–Crippen LogP) is 2.87. The number of aliphatic carboxylic acids is 1. The molecular weight excluding hydrogens is 245 g/mol. The van der Waals surface area contributed by atoms with E-state index < -0.39 is 5.97 Å². The highest BCUT2D eigenvalue weighted by atomic mass is 19.1. The van der Waals surface area contributed by atoms with Gasteiger partial charge in [-0.05, 0) is 43.0 Å². The van der Waals surface area contributed by atoms with Crippen molar-refractivity contribution < 1.29 is 14.3 Å². The summed E-state index contributed by atoms with van der Waals surface area (Å²) in [6.45, 7) is 3.60. The van der Waals surface area contributed by atoms with Crippen LogP contribution in [-0.4, -0.2) is 35.1 Å². The van der Waals surface area contributed by atoms with Crippen LogP contribution in [0.4, 0.5) is 4.39 Å². The SMILES string of the molecule is CC(CN1CCCCC1C(=O)O)c1ccc(F)cc1. The first-order valence-corrected chi connectivity index (χ1v) is 6.80. The number of rotatable bonds is 4. The highest BCUT2D eigenvalue weighted by molar-refractivity contribution is 5.73. The number of carbonyl (C=O) groups is 1. The molecule has 0 spiro atoms. The Labute approximate surface area is 113 Å². The summed E-state index contributed by atoms with van der Waals surface area (Å²) in [7, 11) is 0. The summed E-state index contributed by atoms with van der Waals surface area (Å²) < 4.78 is 12.9. The van der Waals surface area contributed by atoms with Gasteiger partial charge in [-0.3, -0.25) is 9.69 Å². The van der Waals surface area contributed by atoms with Crippen LogP contribution in [0.25, 0.3) is 0 Å². The van der Waals surface area contributed by atoms with E-state index in [2.05, 4.69) is 6.92 Å². The molecule has 19 heavy (non-hydrogen) atoms. The Balaban J connectivity index is 2.02. The van der Waals surface area contributed by atoms with Crippen molar-refractivity contribution in [3.63, 3.8) is 0 Å². The molecule has 1 saturated heterocycles. The third-order valence-corrected chi connectivity index (χ3v) is 3.85. The maximum Gasteiger partial charge on any atom is 0.320 e. The van der Waals surface area contributed by atoms with E-state index in [9.17, 15) is 14.3 Å². The third kappa shape index (κ3) is 3.53. The fourth-order valence-electron chi connectivity index (χ4n) is 2.74. The summed E-state index contributed by atoms with van der Waals surface area (Å²) in [5, 5.41) is 9.24. The zero-order valence-electron chi connectivity index (χ0n) is 11.2. The lowest BCUT2D eigenvalue weighted by molar-refractivity contribution is -0.144. The van der Waals surface area contributed by atoms with Gasteiger partial charge in [0.15, 0.2) is 0 Å². The first kappa shape index (κ1) is 14.0. The predicted molar refractivity (Wildman–Crippen MR) is 71.7 cm³/mol. The average molecular weight is 265 g/mol. The van der Waals surface area contributed by atoms with Crippen LogP contribution in [0.1, 0.15) is 37.7 Å². The number of likely N-dealkylation sites (tertiary alicyclic amines) is 1. The molecular formula is C15H20FNO2. The topological polar surface area (TPSA) is 40.5 Å². The normalized spacial score (nSPS) is 22.1. The Morgan fingerprint density at radius 3 is 2.74 bits per heavy atom. The highest BCUT2D eigenvalue weighted by Gasteiger charge is 2.29. The molecule has 1 aliphatic rings. The quantitative estimate of drug-likeness (QED) is 0.910. The van der Waals surface area contributed by atoms with Crippen LogP contribution in [0.5, 0.6) is 0 Å². The molecule has 0 bridgehead atoms. The van der Waals surface area contributed by atoms with Gasteiger partial charge in [-0.1, -0.05) is 25.5 Å². The second-order valence-electron chi connectivity index (χ2n) is 5.30. The Bertz CT molecular complexity index is 432. The number of halogens is 1. The number of benzene rings is 1. The van der Waals surface area contributed by atoms with Gasteiger partial charge in [0.1, 0.15) is 11.9 Å². The van der Waals surface area contributed by atoms with Crippen molar-refractivity contribution in [3.05, 3.63) is 35.6 Å². The van der Waals surface area contributed by atoms with Gasteiger partial charge in [-0.25, -0.2) is 4.39 Å². The highest BCUT2D eigenvalue weighted by Crippen LogP contribution is 2.23. The summed E-state index contributed by atoms with van der Waals surface area (Å²) in [6, 6.07) is 6.10. The molecule has 1 aromatic carbocycles. The molecule has 0 amide bonds. The summed E-state index contributed by atoms with van der Waals surface area (Å²) >= 11 is 0. The lowest BCUT2D eigenvalue weighted by Crippen LogP contribution is -2.46. The number of carboxylic acid groups (broad SMARTS) is 1. The van der Waals surface area contributed by atoms with Gasteiger partial charge in [0.2, 0.25) is 0 Å². The van der Waals surface area contributed by atoms with Crippen LogP contribution in [0.15, 0.2) is 24.3 Å². The van der Waals surface area contributed by atoms with Crippen LogP contribution < -0.4 is 0 Å². The zero-order chi connectivity index (χ0) is 13.8. The van der Waals surface area contributed by atoms with Crippen molar-refractivity contribution in [2.45, 2.75) is 38.1 Å². The number of nitrogens with zero attached hydrogens (tertiary/aromatic N) is 1. The van der Waals surface area contributed by atoms with E-state index in [0.29, 0.717) is 6.54 Å². The van der Waals surface area contributed by atoms with E-state index in [1.54, 1.807) is 12.1 Å². The van der Waals surface area contributed by atoms with Crippen LogP contribution in [-0.2, 0) is 4.79 Å². The number of piperidine rings is 1. The molecule has 2 rings (SSSR count). The summed E-state index contributed by atoms with van der Waals surface area (Å²) in [5.74, 6) is -0.760. The molecule has 1 fully saturated rings.